The summed E-state index contributed by atoms with van der Waals surface area (Å²) in [6.45, 7) is 1.71. The van der Waals surface area contributed by atoms with Crippen LogP contribution >= 0.6 is 15.9 Å². The highest BCUT2D eigenvalue weighted by atomic mass is 79.9. The minimum absolute atomic E-state index is 0.0284. The van der Waals surface area contributed by atoms with Crippen molar-refractivity contribution in [1.29, 1.82) is 0 Å². The normalized spacial score (nSPS) is 13.5. The highest BCUT2D eigenvalue weighted by molar-refractivity contribution is 9.10. The van der Waals surface area contributed by atoms with Gasteiger partial charge in [-0.1, -0.05) is 0 Å². The molecule has 1 N–H and O–H groups in total. The van der Waals surface area contributed by atoms with E-state index in [0.717, 1.165) is 12.1 Å². The molecule has 6 heteroatoms. The fourth-order valence-electron chi connectivity index (χ4n) is 1.23. The summed E-state index contributed by atoms with van der Waals surface area (Å²) >= 11 is 3.03. The number of hydrogen-bond acceptors (Lipinski definition) is 2. The Kier molecular flexibility index (Phi) is 4.82. The largest absolute Gasteiger partial charge is 0.489 e. The maximum Gasteiger partial charge on any atom is 0.416 e. The summed E-state index contributed by atoms with van der Waals surface area (Å²) < 4.78 is 42.8. The fraction of sp³-hybridized carbons (Fsp3) is 0.455. The van der Waals surface area contributed by atoms with E-state index in [1.54, 1.807) is 6.92 Å². The van der Waals surface area contributed by atoms with Crippen LogP contribution < -0.4 is 4.74 Å². The second kappa shape index (κ2) is 5.73. The van der Waals surface area contributed by atoms with Gasteiger partial charge in [-0.25, -0.2) is 0 Å². The minimum atomic E-state index is -4.36. The topological polar surface area (TPSA) is 29.5 Å². The molecule has 0 aliphatic carbocycles. The Morgan fingerprint density at radius 2 is 2.06 bits per heavy atom. The average Bonchev–Trinajstić information content (AvgIpc) is 2.20. The predicted octanol–water partition coefficient (Wildman–Crippen LogP) is 3.62. The summed E-state index contributed by atoms with van der Waals surface area (Å²) in [4.78, 5) is 0. The summed E-state index contributed by atoms with van der Waals surface area (Å²) in [6.07, 6.45) is -4.20. The molecule has 0 heterocycles. The molecule has 0 saturated heterocycles. The van der Waals surface area contributed by atoms with Crippen molar-refractivity contribution in [1.82, 2.24) is 0 Å². The molecule has 0 saturated carbocycles. The first-order valence-electron chi connectivity index (χ1n) is 4.99. The summed E-state index contributed by atoms with van der Waals surface area (Å²) in [5.74, 6) is 0.332. The van der Waals surface area contributed by atoms with Gasteiger partial charge in [-0.2, -0.15) is 13.2 Å². The van der Waals surface area contributed by atoms with Crippen molar-refractivity contribution in [3.63, 3.8) is 0 Å². The number of aliphatic hydroxyl groups excluding tert-OH is 1. The van der Waals surface area contributed by atoms with Gasteiger partial charge < -0.3 is 9.84 Å². The van der Waals surface area contributed by atoms with Crippen molar-refractivity contribution in [2.45, 2.75) is 25.6 Å². The Labute approximate surface area is 106 Å². The fourth-order valence-corrected chi connectivity index (χ4v) is 1.70. The maximum atomic E-state index is 12.4. The van der Waals surface area contributed by atoms with Gasteiger partial charge in [0.15, 0.2) is 0 Å². The maximum absolute atomic E-state index is 12.4. The van der Waals surface area contributed by atoms with Gasteiger partial charge in [-0.15, -0.1) is 0 Å². The van der Waals surface area contributed by atoms with Gasteiger partial charge in [-0.05, 0) is 41.1 Å². The van der Waals surface area contributed by atoms with E-state index in [0.29, 0.717) is 12.2 Å². The molecule has 2 nitrogen and oxygen atoms in total. The van der Waals surface area contributed by atoms with Gasteiger partial charge in [0, 0.05) is 13.0 Å². The van der Waals surface area contributed by atoms with E-state index in [-0.39, 0.29) is 17.2 Å². The van der Waals surface area contributed by atoms with E-state index >= 15 is 0 Å². The highest BCUT2D eigenvalue weighted by Gasteiger charge is 2.31. The van der Waals surface area contributed by atoms with Crippen molar-refractivity contribution in [2.75, 3.05) is 6.61 Å². The van der Waals surface area contributed by atoms with Crippen LogP contribution in [0.2, 0.25) is 0 Å². The number of ether oxygens (including phenoxy) is 1. The van der Waals surface area contributed by atoms with Crippen molar-refractivity contribution >= 4 is 15.9 Å². The lowest BCUT2D eigenvalue weighted by molar-refractivity contribution is -0.137. The van der Waals surface area contributed by atoms with Crippen LogP contribution in [0.1, 0.15) is 18.9 Å². The van der Waals surface area contributed by atoms with E-state index in [1.807, 2.05) is 0 Å². The van der Waals surface area contributed by atoms with Gasteiger partial charge in [0.1, 0.15) is 5.75 Å². The molecule has 1 aromatic carbocycles. The van der Waals surface area contributed by atoms with Crippen molar-refractivity contribution in [3.05, 3.63) is 28.2 Å². The number of aliphatic hydroxyl groups is 1. The molecule has 0 aromatic heterocycles. The predicted molar refractivity (Wildman–Crippen MR) is 60.9 cm³/mol. The summed E-state index contributed by atoms with van der Waals surface area (Å²) in [7, 11) is 0. The zero-order valence-electron chi connectivity index (χ0n) is 9.09. The van der Waals surface area contributed by atoms with E-state index in [9.17, 15) is 13.2 Å². The first-order valence-corrected chi connectivity index (χ1v) is 5.78. The Balaban J connectivity index is 2.83. The number of rotatable bonds is 4. The molecule has 0 aliphatic heterocycles. The summed E-state index contributed by atoms with van der Waals surface area (Å²) in [5, 5.41) is 8.69. The second-order valence-corrected chi connectivity index (χ2v) is 4.44. The number of halogens is 4. The monoisotopic (exact) mass is 312 g/mol. The molecule has 0 spiro atoms. The molecule has 0 unspecified atom stereocenters. The number of benzene rings is 1. The first kappa shape index (κ1) is 14.3. The molecule has 0 fully saturated rings. The van der Waals surface area contributed by atoms with Crippen LogP contribution in [-0.4, -0.2) is 17.8 Å². The van der Waals surface area contributed by atoms with Crippen molar-refractivity contribution < 1.29 is 23.0 Å². The van der Waals surface area contributed by atoms with E-state index in [2.05, 4.69) is 15.9 Å². The van der Waals surface area contributed by atoms with Crippen LogP contribution in [0, 0.1) is 0 Å². The lowest BCUT2D eigenvalue weighted by Crippen LogP contribution is -2.14. The highest BCUT2D eigenvalue weighted by Crippen LogP contribution is 2.35. The first-order chi connectivity index (χ1) is 7.84. The summed E-state index contributed by atoms with van der Waals surface area (Å²) in [6, 6.07) is 3.20. The zero-order valence-corrected chi connectivity index (χ0v) is 10.7. The number of alkyl halides is 3. The zero-order chi connectivity index (χ0) is 13.1. The van der Waals surface area contributed by atoms with Crippen molar-refractivity contribution in [3.8, 4) is 5.75 Å². The molecule has 17 heavy (non-hydrogen) atoms. The van der Waals surface area contributed by atoms with E-state index in [4.69, 9.17) is 9.84 Å². The smallest absolute Gasteiger partial charge is 0.416 e. The third kappa shape index (κ3) is 4.20. The Hall–Kier alpha value is -0.750. The second-order valence-electron chi connectivity index (χ2n) is 3.58. The van der Waals surface area contributed by atoms with Gasteiger partial charge in [0.2, 0.25) is 0 Å². The molecule has 1 aromatic rings. The van der Waals surface area contributed by atoms with Crippen LogP contribution in [0.5, 0.6) is 5.75 Å². The molecule has 96 valence electrons. The quantitative estimate of drug-likeness (QED) is 0.920. The Bertz CT molecular complexity index is 379. The molecule has 0 bridgehead atoms. The molecule has 0 amide bonds. The van der Waals surface area contributed by atoms with Crippen LogP contribution in [0.3, 0.4) is 0 Å². The molecule has 0 aliphatic rings. The van der Waals surface area contributed by atoms with Crippen LogP contribution in [0.4, 0.5) is 13.2 Å². The lowest BCUT2D eigenvalue weighted by atomic mass is 10.2. The van der Waals surface area contributed by atoms with Crippen LogP contribution in [-0.2, 0) is 6.18 Å². The van der Waals surface area contributed by atoms with E-state index in [1.165, 1.54) is 6.07 Å². The van der Waals surface area contributed by atoms with Crippen LogP contribution in [0.25, 0.3) is 0 Å². The number of hydrogen-bond donors (Lipinski definition) is 1. The van der Waals surface area contributed by atoms with Gasteiger partial charge >= 0.3 is 6.18 Å². The Morgan fingerprint density at radius 1 is 1.41 bits per heavy atom. The third-order valence-electron chi connectivity index (χ3n) is 2.12. The average molecular weight is 313 g/mol. The van der Waals surface area contributed by atoms with Crippen LogP contribution in [0.15, 0.2) is 22.7 Å². The molecular weight excluding hydrogens is 301 g/mol. The standard InChI is InChI=1S/C11H12BrF3O2/c1-7(4-5-16)17-10-3-2-8(6-9(10)12)11(13,14)15/h2-3,6-7,16H,4-5H2,1H3/t7-/m1/s1. The summed E-state index contributed by atoms with van der Waals surface area (Å²) in [5.41, 5.74) is -0.730. The van der Waals surface area contributed by atoms with E-state index < -0.39 is 11.7 Å². The molecule has 0 radical (unpaired) electrons. The molecular formula is C11H12BrF3O2. The van der Waals surface area contributed by atoms with Crippen molar-refractivity contribution in [2.24, 2.45) is 0 Å². The SMILES string of the molecule is C[C@H](CCO)Oc1ccc(C(F)(F)F)cc1Br. The molecule has 1 atom stereocenters. The van der Waals surface area contributed by atoms with Gasteiger partial charge in [0.05, 0.1) is 16.1 Å². The van der Waals surface area contributed by atoms with Gasteiger partial charge in [0.25, 0.3) is 0 Å². The molecule has 1 rings (SSSR count). The van der Waals surface area contributed by atoms with Gasteiger partial charge in [-0.3, -0.25) is 0 Å². The Morgan fingerprint density at radius 3 is 2.53 bits per heavy atom. The lowest BCUT2D eigenvalue weighted by Gasteiger charge is -2.16. The third-order valence-corrected chi connectivity index (χ3v) is 2.74. The minimum Gasteiger partial charge on any atom is -0.489 e.